The third-order valence-electron chi connectivity index (χ3n) is 8.69. The first-order valence-corrected chi connectivity index (χ1v) is 16.0. The summed E-state index contributed by atoms with van der Waals surface area (Å²) in [6, 6.07) is 32.7. The predicted molar refractivity (Wildman–Crippen MR) is 182 cm³/mol. The zero-order valence-corrected chi connectivity index (χ0v) is 27.4. The Hall–Kier alpha value is -5.50. The predicted octanol–water partition coefficient (Wildman–Crippen LogP) is 7.27. The molecule has 1 aliphatic carbocycles. The van der Waals surface area contributed by atoms with Gasteiger partial charge in [0.15, 0.2) is 17.3 Å². The molecule has 0 saturated heterocycles. The number of ether oxygens (including phenoxy) is 5. The molecule has 1 N–H and O–H groups in total. The van der Waals surface area contributed by atoms with Crippen molar-refractivity contribution in [2.75, 3.05) is 27.4 Å². The summed E-state index contributed by atoms with van der Waals surface area (Å²) in [5.74, 6) is 1.33. The smallest absolute Gasteiger partial charge is 0.336 e. The molecule has 4 aromatic carbocycles. The van der Waals surface area contributed by atoms with E-state index in [0.717, 1.165) is 22.4 Å². The first kappa shape index (κ1) is 32.4. The van der Waals surface area contributed by atoms with E-state index < -0.39 is 11.9 Å². The molecule has 4 aromatic rings. The molecule has 0 radical (unpaired) electrons. The number of dihydropyridines is 1. The molecule has 1 heterocycles. The van der Waals surface area contributed by atoms with E-state index in [1.807, 2.05) is 110 Å². The van der Waals surface area contributed by atoms with E-state index in [0.29, 0.717) is 52.9 Å². The molecule has 2 atom stereocenters. The van der Waals surface area contributed by atoms with Gasteiger partial charge in [0.2, 0.25) is 0 Å². The standard InChI is InChI=1S/C40H39NO7/c1-26-37(40(43)47-20-19-46-31-14-8-5-9-15-31)38(29-13-10-16-32(21-29)48-25-27-11-6-4-7-12-27)39-33(41-26)22-30(23-34(39)42)28-17-18-35(44-2)36(24-28)45-3/h4-18,21,24,30,38,41H,19-20,22-23,25H2,1-3H3. The number of benzene rings is 4. The Morgan fingerprint density at radius 3 is 2.23 bits per heavy atom. The number of rotatable bonds is 12. The average Bonchev–Trinajstić information content (AvgIpc) is 3.12. The normalized spacial score (nSPS) is 17.3. The summed E-state index contributed by atoms with van der Waals surface area (Å²) in [4.78, 5) is 28.0. The van der Waals surface area contributed by atoms with Crippen molar-refractivity contribution < 1.29 is 33.3 Å². The number of carbonyl (C=O) groups is 2. The van der Waals surface area contributed by atoms with Gasteiger partial charge in [0, 0.05) is 29.3 Å². The molecule has 2 aliphatic rings. The van der Waals surface area contributed by atoms with Crippen molar-refractivity contribution in [1.82, 2.24) is 5.32 Å². The molecule has 48 heavy (non-hydrogen) atoms. The SMILES string of the molecule is COc1ccc(C2CC(=O)C3=C(C2)NC(C)=C(C(=O)OCCOc2ccccc2)C3c2cccc(OCc3ccccc3)c2)cc1OC. The largest absolute Gasteiger partial charge is 0.493 e. The van der Waals surface area contributed by atoms with Gasteiger partial charge >= 0.3 is 5.97 Å². The monoisotopic (exact) mass is 645 g/mol. The van der Waals surface area contributed by atoms with Crippen LogP contribution in [0.25, 0.3) is 0 Å². The highest BCUT2D eigenvalue weighted by atomic mass is 16.6. The second-order valence-electron chi connectivity index (χ2n) is 11.8. The van der Waals surface area contributed by atoms with E-state index in [4.69, 9.17) is 23.7 Å². The van der Waals surface area contributed by atoms with Gasteiger partial charge in [-0.1, -0.05) is 66.7 Å². The van der Waals surface area contributed by atoms with Crippen molar-refractivity contribution >= 4 is 11.8 Å². The quantitative estimate of drug-likeness (QED) is 0.127. The Morgan fingerprint density at radius 2 is 1.48 bits per heavy atom. The number of hydrogen-bond donors (Lipinski definition) is 1. The minimum absolute atomic E-state index is 0.0330. The van der Waals surface area contributed by atoms with Gasteiger partial charge in [-0.15, -0.1) is 0 Å². The van der Waals surface area contributed by atoms with Crippen molar-refractivity contribution in [3.05, 3.63) is 142 Å². The Labute approximate surface area is 280 Å². The van der Waals surface area contributed by atoms with Crippen LogP contribution in [0.1, 0.15) is 48.3 Å². The number of carbonyl (C=O) groups excluding carboxylic acids is 2. The van der Waals surface area contributed by atoms with Crippen LogP contribution in [0.3, 0.4) is 0 Å². The second kappa shape index (κ2) is 14.9. The third-order valence-corrected chi connectivity index (χ3v) is 8.69. The van der Waals surface area contributed by atoms with Crippen LogP contribution in [0, 0.1) is 0 Å². The number of esters is 1. The van der Waals surface area contributed by atoms with Gasteiger partial charge in [-0.05, 0) is 72.4 Å². The zero-order chi connectivity index (χ0) is 33.5. The number of ketones is 1. The topological polar surface area (TPSA) is 92.3 Å². The molecule has 1 aliphatic heterocycles. The number of nitrogens with one attached hydrogen (secondary N) is 1. The van der Waals surface area contributed by atoms with Gasteiger partial charge in [0.1, 0.15) is 31.3 Å². The average molecular weight is 646 g/mol. The van der Waals surface area contributed by atoms with E-state index in [1.165, 1.54) is 0 Å². The lowest BCUT2D eigenvalue weighted by Crippen LogP contribution is -2.36. The van der Waals surface area contributed by atoms with Crippen molar-refractivity contribution in [1.29, 1.82) is 0 Å². The lowest BCUT2D eigenvalue weighted by molar-refractivity contribution is -0.140. The van der Waals surface area contributed by atoms with E-state index in [1.54, 1.807) is 14.2 Å². The molecular formula is C40H39NO7. The van der Waals surface area contributed by atoms with Gasteiger partial charge in [-0.25, -0.2) is 4.79 Å². The zero-order valence-electron chi connectivity index (χ0n) is 27.4. The molecule has 0 aromatic heterocycles. The molecule has 6 rings (SSSR count). The van der Waals surface area contributed by atoms with Crippen molar-refractivity contribution in [2.24, 2.45) is 0 Å². The molecule has 0 spiro atoms. The van der Waals surface area contributed by atoms with E-state index in [-0.39, 0.29) is 31.3 Å². The van der Waals surface area contributed by atoms with Crippen LogP contribution in [0.2, 0.25) is 0 Å². The lowest BCUT2D eigenvalue weighted by atomic mass is 9.71. The Balaban J connectivity index is 1.30. The molecule has 0 amide bonds. The van der Waals surface area contributed by atoms with Gasteiger partial charge in [-0.3, -0.25) is 4.79 Å². The Kier molecular flexibility index (Phi) is 10.1. The summed E-state index contributed by atoms with van der Waals surface area (Å²) < 4.78 is 28.6. The van der Waals surface area contributed by atoms with Crippen molar-refractivity contribution in [3.63, 3.8) is 0 Å². The first-order valence-electron chi connectivity index (χ1n) is 16.0. The third kappa shape index (κ3) is 7.23. The van der Waals surface area contributed by atoms with Crippen LogP contribution >= 0.6 is 0 Å². The second-order valence-corrected chi connectivity index (χ2v) is 11.8. The van der Waals surface area contributed by atoms with E-state index in [9.17, 15) is 9.59 Å². The summed E-state index contributed by atoms with van der Waals surface area (Å²) in [7, 11) is 3.20. The Bertz CT molecular complexity index is 1830. The molecule has 246 valence electrons. The molecule has 8 heteroatoms. The molecule has 0 bridgehead atoms. The van der Waals surface area contributed by atoms with Crippen LogP contribution in [0.4, 0.5) is 0 Å². The summed E-state index contributed by atoms with van der Waals surface area (Å²) in [5.41, 5.74) is 5.21. The van der Waals surface area contributed by atoms with Crippen LogP contribution in [0.5, 0.6) is 23.0 Å². The van der Waals surface area contributed by atoms with Crippen LogP contribution < -0.4 is 24.3 Å². The maximum absolute atomic E-state index is 14.2. The minimum Gasteiger partial charge on any atom is -0.493 e. The summed E-state index contributed by atoms with van der Waals surface area (Å²) in [5, 5.41) is 3.43. The summed E-state index contributed by atoms with van der Waals surface area (Å²) in [6.45, 7) is 2.50. The summed E-state index contributed by atoms with van der Waals surface area (Å²) in [6.07, 6.45) is 0.866. The highest BCUT2D eigenvalue weighted by molar-refractivity contribution is 6.04. The van der Waals surface area contributed by atoms with Crippen LogP contribution in [-0.2, 0) is 20.9 Å². The van der Waals surface area contributed by atoms with Gasteiger partial charge in [0.25, 0.3) is 0 Å². The maximum Gasteiger partial charge on any atom is 0.336 e. The summed E-state index contributed by atoms with van der Waals surface area (Å²) >= 11 is 0. The molecule has 0 saturated carbocycles. The fraction of sp³-hybridized carbons (Fsp3) is 0.250. The minimum atomic E-state index is -0.636. The van der Waals surface area contributed by atoms with E-state index >= 15 is 0 Å². The Morgan fingerprint density at radius 1 is 0.750 bits per heavy atom. The highest BCUT2D eigenvalue weighted by Gasteiger charge is 2.41. The van der Waals surface area contributed by atoms with Gasteiger partial charge in [0.05, 0.1) is 19.8 Å². The lowest BCUT2D eigenvalue weighted by Gasteiger charge is -2.37. The van der Waals surface area contributed by atoms with Crippen molar-refractivity contribution in [3.8, 4) is 23.0 Å². The number of Topliss-reactive ketones (excluding diaryl/α,β-unsaturated/α-hetero) is 1. The van der Waals surface area contributed by atoms with Gasteiger partial charge < -0.3 is 29.0 Å². The van der Waals surface area contributed by atoms with Crippen molar-refractivity contribution in [2.45, 2.75) is 38.2 Å². The number of allylic oxidation sites excluding steroid dienone is 3. The first-order chi connectivity index (χ1) is 23.4. The number of hydrogen-bond acceptors (Lipinski definition) is 8. The number of methoxy groups -OCH3 is 2. The van der Waals surface area contributed by atoms with Crippen LogP contribution in [0.15, 0.2) is 126 Å². The number of para-hydroxylation sites is 1. The van der Waals surface area contributed by atoms with E-state index in [2.05, 4.69) is 5.32 Å². The highest BCUT2D eigenvalue weighted by Crippen LogP contribution is 2.47. The molecular weight excluding hydrogens is 606 g/mol. The fourth-order valence-electron chi connectivity index (χ4n) is 6.40. The molecule has 8 nitrogen and oxygen atoms in total. The maximum atomic E-state index is 14.2. The fourth-order valence-corrected chi connectivity index (χ4v) is 6.40. The molecule has 2 unspecified atom stereocenters. The molecule has 0 fully saturated rings. The van der Waals surface area contributed by atoms with Crippen LogP contribution in [-0.4, -0.2) is 39.2 Å². The van der Waals surface area contributed by atoms with Gasteiger partial charge in [-0.2, -0.15) is 0 Å².